The number of nitrogens with zero attached hydrogens (tertiary/aromatic N) is 3. The van der Waals surface area contributed by atoms with Gasteiger partial charge in [0.25, 0.3) is 5.69 Å². The first-order chi connectivity index (χ1) is 11.1. The number of halogens is 1. The summed E-state index contributed by atoms with van der Waals surface area (Å²) in [6.07, 6.45) is 0. The van der Waals surface area contributed by atoms with Gasteiger partial charge in [-0.3, -0.25) is 10.1 Å². The average Bonchev–Trinajstić information content (AvgIpc) is 3.03. The van der Waals surface area contributed by atoms with Crippen LogP contribution in [0.2, 0.25) is 5.02 Å². The molecule has 8 heteroatoms. The fourth-order valence-corrected chi connectivity index (χ4v) is 2.93. The van der Waals surface area contributed by atoms with Gasteiger partial charge in [0.1, 0.15) is 0 Å². The summed E-state index contributed by atoms with van der Waals surface area (Å²) in [4.78, 5) is 11.1. The van der Waals surface area contributed by atoms with E-state index in [0.717, 1.165) is 4.90 Å². The molecule has 0 N–H and O–H groups in total. The van der Waals surface area contributed by atoms with Crippen LogP contribution < -0.4 is 0 Å². The Balaban J connectivity index is 1.70. The molecular formula is C15H10ClN3O3S. The summed E-state index contributed by atoms with van der Waals surface area (Å²) in [6, 6.07) is 13.5. The summed E-state index contributed by atoms with van der Waals surface area (Å²) in [5.41, 5.74) is 0.653. The van der Waals surface area contributed by atoms with Gasteiger partial charge in [-0.25, -0.2) is 0 Å². The Labute approximate surface area is 140 Å². The topological polar surface area (TPSA) is 82.1 Å². The van der Waals surface area contributed by atoms with Gasteiger partial charge in [-0.05, 0) is 24.3 Å². The van der Waals surface area contributed by atoms with Crippen LogP contribution in [0.25, 0.3) is 11.5 Å². The van der Waals surface area contributed by atoms with Crippen molar-refractivity contribution in [2.24, 2.45) is 0 Å². The van der Waals surface area contributed by atoms with Crippen molar-refractivity contribution < 1.29 is 9.34 Å². The van der Waals surface area contributed by atoms with E-state index in [1.807, 2.05) is 24.3 Å². The van der Waals surface area contributed by atoms with Crippen molar-refractivity contribution in [3.63, 3.8) is 0 Å². The van der Waals surface area contributed by atoms with E-state index in [9.17, 15) is 10.1 Å². The smallest absolute Gasteiger partial charge is 0.269 e. The molecule has 2 aromatic carbocycles. The molecule has 1 aromatic heterocycles. The normalized spacial score (nSPS) is 10.7. The Morgan fingerprint density at radius 2 is 1.87 bits per heavy atom. The van der Waals surface area contributed by atoms with Crippen molar-refractivity contribution in [1.29, 1.82) is 0 Å². The molecule has 0 spiro atoms. The highest BCUT2D eigenvalue weighted by molar-refractivity contribution is 7.98. The van der Waals surface area contributed by atoms with E-state index < -0.39 is 4.92 Å². The summed E-state index contributed by atoms with van der Waals surface area (Å²) in [5.74, 6) is 1.28. The summed E-state index contributed by atoms with van der Waals surface area (Å²) in [5, 5.41) is 19.3. The quantitative estimate of drug-likeness (QED) is 0.381. The number of hydrogen-bond acceptors (Lipinski definition) is 6. The van der Waals surface area contributed by atoms with Gasteiger partial charge >= 0.3 is 0 Å². The predicted molar refractivity (Wildman–Crippen MR) is 87.4 cm³/mol. The molecule has 0 aliphatic heterocycles. The third-order valence-corrected chi connectivity index (χ3v) is 4.48. The number of rotatable bonds is 5. The van der Waals surface area contributed by atoms with Gasteiger partial charge in [0.05, 0.1) is 15.7 Å². The summed E-state index contributed by atoms with van der Waals surface area (Å²) >= 11 is 7.59. The van der Waals surface area contributed by atoms with Crippen molar-refractivity contribution in [2.45, 2.75) is 10.6 Å². The minimum absolute atomic E-state index is 0.0164. The van der Waals surface area contributed by atoms with Crippen molar-refractivity contribution in [2.75, 3.05) is 0 Å². The monoisotopic (exact) mass is 347 g/mol. The Bertz CT molecular complexity index is 836. The van der Waals surface area contributed by atoms with Crippen LogP contribution in [-0.4, -0.2) is 15.1 Å². The third kappa shape index (κ3) is 3.69. The molecule has 0 aliphatic rings. The lowest BCUT2D eigenvalue weighted by molar-refractivity contribution is -0.384. The van der Waals surface area contributed by atoms with Gasteiger partial charge in [-0.15, -0.1) is 22.0 Å². The zero-order valence-electron chi connectivity index (χ0n) is 11.7. The molecule has 0 unspecified atom stereocenters. The highest BCUT2D eigenvalue weighted by Gasteiger charge is 2.11. The molecular weight excluding hydrogens is 338 g/mol. The molecule has 0 bridgehead atoms. The number of aromatic nitrogens is 2. The van der Waals surface area contributed by atoms with E-state index in [4.69, 9.17) is 16.0 Å². The zero-order chi connectivity index (χ0) is 16.2. The Hall–Kier alpha value is -2.38. The third-order valence-electron chi connectivity index (χ3n) is 2.98. The first kappa shape index (κ1) is 15.5. The van der Waals surface area contributed by atoms with E-state index in [2.05, 4.69) is 10.2 Å². The first-order valence-corrected chi connectivity index (χ1v) is 7.94. The molecule has 0 amide bonds. The lowest BCUT2D eigenvalue weighted by Gasteiger charge is -2.00. The van der Waals surface area contributed by atoms with Gasteiger partial charge in [0.2, 0.25) is 11.8 Å². The number of non-ortho nitro benzene ring substituents is 1. The molecule has 3 rings (SSSR count). The SMILES string of the molecule is O=[N+]([O-])c1ccc(-c2nnc(CSc3ccccc3Cl)o2)cc1. The van der Waals surface area contributed by atoms with E-state index in [1.54, 1.807) is 12.1 Å². The van der Waals surface area contributed by atoms with Crippen molar-refractivity contribution in [1.82, 2.24) is 10.2 Å². The summed E-state index contributed by atoms with van der Waals surface area (Å²) < 4.78 is 5.58. The van der Waals surface area contributed by atoms with Gasteiger partial charge in [-0.1, -0.05) is 23.7 Å². The highest BCUT2D eigenvalue weighted by atomic mass is 35.5. The van der Waals surface area contributed by atoms with Crippen molar-refractivity contribution in [3.05, 3.63) is 69.6 Å². The van der Waals surface area contributed by atoms with Gasteiger partial charge in [0, 0.05) is 22.6 Å². The lowest BCUT2D eigenvalue weighted by atomic mass is 10.2. The minimum atomic E-state index is -0.455. The van der Waals surface area contributed by atoms with Crippen LogP contribution in [0.4, 0.5) is 5.69 Å². The molecule has 0 saturated heterocycles. The fraction of sp³-hybridized carbons (Fsp3) is 0.0667. The van der Waals surface area contributed by atoms with Crippen LogP contribution in [-0.2, 0) is 5.75 Å². The molecule has 23 heavy (non-hydrogen) atoms. The van der Waals surface area contributed by atoms with Crippen molar-refractivity contribution >= 4 is 29.1 Å². The van der Waals surface area contributed by atoms with E-state index in [-0.39, 0.29) is 5.69 Å². The van der Waals surface area contributed by atoms with Gasteiger partial charge in [-0.2, -0.15) is 0 Å². The van der Waals surface area contributed by atoms with Gasteiger partial charge in [0.15, 0.2) is 0 Å². The summed E-state index contributed by atoms with van der Waals surface area (Å²) in [6.45, 7) is 0. The maximum absolute atomic E-state index is 10.6. The van der Waals surface area contributed by atoms with Crippen LogP contribution in [0, 0.1) is 10.1 Å². The van der Waals surface area contributed by atoms with E-state index in [1.165, 1.54) is 23.9 Å². The average molecular weight is 348 g/mol. The molecule has 3 aromatic rings. The minimum Gasteiger partial charge on any atom is -0.420 e. The van der Waals surface area contributed by atoms with Crippen molar-refractivity contribution in [3.8, 4) is 11.5 Å². The number of benzene rings is 2. The van der Waals surface area contributed by atoms with Crippen LogP contribution in [0.5, 0.6) is 0 Å². The first-order valence-electron chi connectivity index (χ1n) is 6.58. The molecule has 1 heterocycles. The second-order valence-electron chi connectivity index (χ2n) is 4.52. The lowest BCUT2D eigenvalue weighted by Crippen LogP contribution is -1.87. The fourth-order valence-electron chi connectivity index (χ4n) is 1.86. The predicted octanol–water partition coefficient (Wildman–Crippen LogP) is 4.59. The zero-order valence-corrected chi connectivity index (χ0v) is 13.3. The number of thioether (sulfide) groups is 1. The molecule has 0 aliphatic carbocycles. The van der Waals surface area contributed by atoms with Crippen LogP contribution in [0.15, 0.2) is 57.8 Å². The molecule has 0 atom stereocenters. The number of nitro benzene ring substituents is 1. The maximum atomic E-state index is 10.6. The number of nitro groups is 1. The second kappa shape index (κ2) is 6.80. The standard InChI is InChI=1S/C15H10ClN3O3S/c16-12-3-1-2-4-13(12)23-9-14-17-18-15(22-14)10-5-7-11(8-6-10)19(20)21/h1-8H,9H2. The Morgan fingerprint density at radius 1 is 1.13 bits per heavy atom. The van der Waals surface area contributed by atoms with Gasteiger partial charge < -0.3 is 4.42 Å². The molecule has 6 nitrogen and oxygen atoms in total. The Morgan fingerprint density at radius 3 is 2.57 bits per heavy atom. The molecule has 0 fully saturated rings. The summed E-state index contributed by atoms with van der Waals surface area (Å²) in [7, 11) is 0. The Kier molecular flexibility index (Phi) is 4.59. The molecule has 116 valence electrons. The van der Waals surface area contributed by atoms with E-state index in [0.29, 0.717) is 28.1 Å². The number of hydrogen-bond donors (Lipinski definition) is 0. The van der Waals surface area contributed by atoms with Crippen LogP contribution in [0.3, 0.4) is 0 Å². The highest BCUT2D eigenvalue weighted by Crippen LogP contribution is 2.30. The van der Waals surface area contributed by atoms with Crippen LogP contribution in [0.1, 0.15) is 5.89 Å². The maximum Gasteiger partial charge on any atom is 0.269 e. The van der Waals surface area contributed by atoms with E-state index >= 15 is 0 Å². The second-order valence-corrected chi connectivity index (χ2v) is 5.95. The molecule has 0 saturated carbocycles. The van der Waals surface area contributed by atoms with Crippen LogP contribution >= 0.6 is 23.4 Å². The largest absolute Gasteiger partial charge is 0.420 e. The molecule has 0 radical (unpaired) electrons.